The number of aliphatic hydroxyl groups excluding tert-OH is 1. The lowest BCUT2D eigenvalue weighted by Gasteiger charge is -2.16. The SMILES string of the molecule is Cc1cc(C)n(CCN(C)Cc2ccc(C#CCO)s2)n1. The Bertz CT molecular complexity index is 648. The fourth-order valence-electron chi connectivity index (χ4n) is 2.17. The Morgan fingerprint density at radius 1 is 1.38 bits per heavy atom. The molecule has 0 saturated carbocycles. The van der Waals surface area contributed by atoms with E-state index in [4.69, 9.17) is 5.11 Å². The molecule has 0 unspecified atom stereocenters. The van der Waals surface area contributed by atoms with Gasteiger partial charge in [-0.15, -0.1) is 11.3 Å². The average molecular weight is 303 g/mol. The van der Waals surface area contributed by atoms with Crippen molar-refractivity contribution < 1.29 is 5.11 Å². The van der Waals surface area contributed by atoms with Crippen molar-refractivity contribution in [2.45, 2.75) is 26.9 Å². The number of hydrogen-bond acceptors (Lipinski definition) is 4. The summed E-state index contributed by atoms with van der Waals surface area (Å²) in [7, 11) is 2.12. The van der Waals surface area contributed by atoms with Gasteiger partial charge in [0.15, 0.2) is 0 Å². The van der Waals surface area contributed by atoms with Crippen LogP contribution in [-0.4, -0.2) is 40.0 Å². The Morgan fingerprint density at radius 3 is 2.86 bits per heavy atom. The zero-order chi connectivity index (χ0) is 15.2. The largest absolute Gasteiger partial charge is 0.384 e. The normalized spacial score (nSPS) is 10.7. The minimum atomic E-state index is -0.0875. The maximum absolute atomic E-state index is 8.70. The van der Waals surface area contributed by atoms with E-state index in [0.29, 0.717) is 0 Å². The van der Waals surface area contributed by atoms with Crippen LogP contribution < -0.4 is 0 Å². The van der Waals surface area contributed by atoms with Gasteiger partial charge in [-0.1, -0.05) is 11.8 Å². The third kappa shape index (κ3) is 4.71. The van der Waals surface area contributed by atoms with Crippen LogP contribution >= 0.6 is 11.3 Å². The molecule has 2 heterocycles. The predicted molar refractivity (Wildman–Crippen MR) is 86.3 cm³/mol. The molecule has 0 aliphatic heterocycles. The van der Waals surface area contributed by atoms with Gasteiger partial charge in [0.1, 0.15) is 6.61 Å². The highest BCUT2D eigenvalue weighted by Gasteiger charge is 2.05. The number of hydrogen-bond donors (Lipinski definition) is 1. The van der Waals surface area contributed by atoms with Gasteiger partial charge in [0.2, 0.25) is 0 Å². The van der Waals surface area contributed by atoms with Crippen molar-refractivity contribution in [3.05, 3.63) is 39.3 Å². The molecule has 0 amide bonds. The first kappa shape index (κ1) is 15.8. The summed E-state index contributed by atoms with van der Waals surface area (Å²) >= 11 is 1.68. The highest BCUT2D eigenvalue weighted by Crippen LogP contribution is 2.17. The number of aliphatic hydroxyl groups is 1. The predicted octanol–water partition coefficient (Wildman–Crippen LogP) is 2.04. The fourth-order valence-corrected chi connectivity index (χ4v) is 3.13. The molecule has 21 heavy (non-hydrogen) atoms. The van der Waals surface area contributed by atoms with E-state index in [9.17, 15) is 0 Å². The van der Waals surface area contributed by atoms with Crippen LogP contribution in [0.25, 0.3) is 0 Å². The smallest absolute Gasteiger partial charge is 0.104 e. The summed E-state index contributed by atoms with van der Waals surface area (Å²) in [6, 6.07) is 6.22. The molecular formula is C16H21N3OS. The summed E-state index contributed by atoms with van der Waals surface area (Å²) in [6.45, 7) is 6.79. The summed E-state index contributed by atoms with van der Waals surface area (Å²) in [4.78, 5) is 4.57. The molecule has 0 atom stereocenters. The highest BCUT2D eigenvalue weighted by atomic mass is 32.1. The van der Waals surface area contributed by atoms with Gasteiger partial charge in [-0.3, -0.25) is 9.58 Å². The monoisotopic (exact) mass is 303 g/mol. The van der Waals surface area contributed by atoms with Gasteiger partial charge >= 0.3 is 0 Å². The second kappa shape index (κ2) is 7.41. The maximum Gasteiger partial charge on any atom is 0.104 e. The van der Waals surface area contributed by atoms with Gasteiger partial charge in [-0.05, 0) is 39.1 Å². The molecular weight excluding hydrogens is 282 g/mol. The van der Waals surface area contributed by atoms with Gasteiger partial charge in [0, 0.05) is 23.7 Å². The van der Waals surface area contributed by atoms with E-state index >= 15 is 0 Å². The van der Waals surface area contributed by atoms with Crippen molar-refractivity contribution in [3.63, 3.8) is 0 Å². The van der Waals surface area contributed by atoms with Gasteiger partial charge in [-0.2, -0.15) is 5.10 Å². The molecule has 0 bridgehead atoms. The first-order valence-corrected chi connectivity index (χ1v) is 7.78. The zero-order valence-corrected chi connectivity index (χ0v) is 13.6. The van der Waals surface area contributed by atoms with Crippen LogP contribution in [-0.2, 0) is 13.1 Å². The lowest BCUT2D eigenvalue weighted by molar-refractivity contribution is 0.306. The Hall–Kier alpha value is -1.61. The highest BCUT2D eigenvalue weighted by molar-refractivity contribution is 7.12. The van der Waals surface area contributed by atoms with Crippen LogP contribution in [0.15, 0.2) is 18.2 Å². The molecule has 0 fully saturated rings. The Balaban J connectivity index is 1.85. The number of thiophene rings is 1. The van der Waals surface area contributed by atoms with Crippen molar-refractivity contribution in [1.29, 1.82) is 0 Å². The summed E-state index contributed by atoms with van der Waals surface area (Å²) in [5, 5.41) is 13.2. The molecule has 2 aromatic heterocycles. The zero-order valence-electron chi connectivity index (χ0n) is 12.8. The lowest BCUT2D eigenvalue weighted by Crippen LogP contribution is -2.23. The molecule has 0 aliphatic carbocycles. The number of aryl methyl sites for hydroxylation is 2. The molecule has 4 nitrogen and oxygen atoms in total. The first-order chi connectivity index (χ1) is 10.1. The average Bonchev–Trinajstić information content (AvgIpc) is 3.00. The van der Waals surface area contributed by atoms with Gasteiger partial charge in [0.05, 0.1) is 17.1 Å². The first-order valence-electron chi connectivity index (χ1n) is 6.96. The molecule has 5 heteroatoms. The van der Waals surface area contributed by atoms with Crippen LogP contribution in [0.1, 0.15) is 21.1 Å². The summed E-state index contributed by atoms with van der Waals surface area (Å²) < 4.78 is 2.05. The Kier molecular flexibility index (Phi) is 5.57. The minimum absolute atomic E-state index is 0.0875. The molecule has 0 aromatic carbocycles. The van der Waals surface area contributed by atoms with E-state index in [0.717, 1.165) is 30.2 Å². The molecule has 112 valence electrons. The summed E-state index contributed by atoms with van der Waals surface area (Å²) in [5.41, 5.74) is 2.28. The van der Waals surface area contributed by atoms with Crippen LogP contribution in [0.3, 0.4) is 0 Å². The number of aromatic nitrogens is 2. The molecule has 0 spiro atoms. The van der Waals surface area contributed by atoms with E-state index in [1.54, 1.807) is 11.3 Å². The van der Waals surface area contributed by atoms with Crippen molar-refractivity contribution >= 4 is 11.3 Å². The third-order valence-corrected chi connectivity index (χ3v) is 4.16. The fraction of sp³-hybridized carbons (Fsp3) is 0.438. The molecule has 1 N–H and O–H groups in total. The Labute approximate surface area is 130 Å². The molecule has 2 rings (SSSR count). The molecule has 0 radical (unpaired) electrons. The van der Waals surface area contributed by atoms with Crippen LogP contribution in [0.5, 0.6) is 0 Å². The van der Waals surface area contributed by atoms with Crippen molar-refractivity contribution in [3.8, 4) is 11.8 Å². The van der Waals surface area contributed by atoms with E-state index in [1.807, 2.05) is 13.0 Å². The third-order valence-electron chi connectivity index (χ3n) is 3.17. The van der Waals surface area contributed by atoms with Crippen molar-refractivity contribution in [2.24, 2.45) is 0 Å². The van der Waals surface area contributed by atoms with Crippen LogP contribution in [0, 0.1) is 25.7 Å². The second-order valence-electron chi connectivity index (χ2n) is 5.11. The van der Waals surface area contributed by atoms with Crippen LogP contribution in [0.2, 0.25) is 0 Å². The van der Waals surface area contributed by atoms with Gasteiger partial charge in [-0.25, -0.2) is 0 Å². The van der Waals surface area contributed by atoms with Crippen molar-refractivity contribution in [2.75, 3.05) is 20.2 Å². The van der Waals surface area contributed by atoms with Crippen molar-refractivity contribution in [1.82, 2.24) is 14.7 Å². The Morgan fingerprint density at radius 2 is 2.19 bits per heavy atom. The van der Waals surface area contributed by atoms with E-state index in [1.165, 1.54) is 10.6 Å². The molecule has 0 saturated heterocycles. The molecule has 0 aliphatic rings. The van der Waals surface area contributed by atoms with Gasteiger partial charge < -0.3 is 5.11 Å². The second-order valence-corrected chi connectivity index (χ2v) is 6.28. The lowest BCUT2D eigenvalue weighted by atomic mass is 10.4. The maximum atomic E-state index is 8.70. The standard InChI is InChI=1S/C16H21N3OS/c1-13-11-14(2)19(17-13)9-8-18(3)12-16-7-6-15(21-16)5-4-10-20/h6-7,11,20H,8-10,12H2,1-3H3. The van der Waals surface area contributed by atoms with E-state index in [2.05, 4.69) is 52.6 Å². The minimum Gasteiger partial charge on any atom is -0.384 e. The molecule has 2 aromatic rings. The summed E-state index contributed by atoms with van der Waals surface area (Å²) in [6.07, 6.45) is 0. The quantitative estimate of drug-likeness (QED) is 0.860. The van der Waals surface area contributed by atoms with Gasteiger partial charge in [0.25, 0.3) is 0 Å². The summed E-state index contributed by atoms with van der Waals surface area (Å²) in [5.74, 6) is 5.62. The topological polar surface area (TPSA) is 41.3 Å². The van der Waals surface area contributed by atoms with E-state index < -0.39 is 0 Å². The van der Waals surface area contributed by atoms with E-state index in [-0.39, 0.29) is 6.61 Å². The number of rotatable bonds is 5. The van der Waals surface area contributed by atoms with Crippen LogP contribution in [0.4, 0.5) is 0 Å². The number of nitrogens with zero attached hydrogens (tertiary/aromatic N) is 3. The number of likely N-dealkylation sites (N-methyl/N-ethyl adjacent to an activating group) is 1.